The number of nitrogens with zero attached hydrogens (tertiary/aromatic N) is 2. The number of carbonyl (C=O) groups excluding carboxylic acids is 8. The first kappa shape index (κ1) is 49.1. The third kappa shape index (κ3) is 14.8. The molecule has 356 valence electrons. The van der Waals surface area contributed by atoms with Crippen molar-refractivity contribution >= 4 is 63.9 Å². The van der Waals surface area contributed by atoms with Gasteiger partial charge in [-0.15, -0.1) is 0 Å². The van der Waals surface area contributed by atoms with Crippen molar-refractivity contribution in [3.05, 3.63) is 90.1 Å². The van der Waals surface area contributed by atoms with Crippen molar-refractivity contribution in [3.8, 4) is 0 Å². The van der Waals surface area contributed by atoms with Crippen molar-refractivity contribution in [2.45, 2.75) is 101 Å². The van der Waals surface area contributed by atoms with E-state index in [4.69, 9.17) is 17.2 Å². The van der Waals surface area contributed by atoms with Crippen LogP contribution in [-0.2, 0) is 57.6 Å². The van der Waals surface area contributed by atoms with Crippen LogP contribution in [0.25, 0.3) is 10.9 Å². The lowest BCUT2D eigenvalue weighted by molar-refractivity contribution is -0.135. The van der Waals surface area contributed by atoms with Crippen LogP contribution in [-0.4, -0.2) is 105 Å². The van der Waals surface area contributed by atoms with Gasteiger partial charge in [0.15, 0.2) is 11.7 Å². The number of carbonyl (C=O) groups is 8. The number of hydrogen-bond donors (Lipinski definition) is 10. The molecule has 0 radical (unpaired) electrons. The molecule has 0 bridgehead atoms. The molecule has 2 aliphatic rings. The summed E-state index contributed by atoms with van der Waals surface area (Å²) in [7, 11) is 0. The Morgan fingerprint density at radius 3 is 2.25 bits per heavy atom. The zero-order chi connectivity index (χ0) is 47.9. The molecule has 6 atom stereocenters. The monoisotopic (exact) mass is 920 g/mol. The van der Waals surface area contributed by atoms with Gasteiger partial charge in [-0.25, -0.2) is 4.98 Å². The molecule has 1 aliphatic carbocycles. The van der Waals surface area contributed by atoms with Gasteiger partial charge in [0, 0.05) is 91.9 Å². The molecule has 6 amide bonds. The quantitative estimate of drug-likeness (QED) is 0.0438. The summed E-state index contributed by atoms with van der Waals surface area (Å²) in [6.45, 7) is 0.0583. The first-order valence-corrected chi connectivity index (χ1v) is 22.7. The number of nitrogens with two attached hydrogens (primary N) is 3. The number of hydrogen-bond acceptors (Lipinski definition) is 10. The van der Waals surface area contributed by atoms with Crippen molar-refractivity contribution in [1.29, 1.82) is 0 Å². The Kier molecular flexibility index (Phi) is 17.4. The second kappa shape index (κ2) is 23.7. The van der Waals surface area contributed by atoms with Crippen LogP contribution in [0.15, 0.2) is 78.3 Å². The number of amides is 6. The van der Waals surface area contributed by atoms with Crippen LogP contribution in [0.5, 0.6) is 0 Å². The number of primary amides is 1. The number of rotatable bonds is 15. The first-order valence-electron chi connectivity index (χ1n) is 22.7. The minimum atomic E-state index is -1.27. The number of nitrogens with one attached hydrogen (secondary N) is 7. The molecule has 20 heteroatoms. The maximum atomic E-state index is 14.6. The molecule has 67 heavy (non-hydrogen) atoms. The number of fused-ring (bicyclic) bond motifs is 1. The third-order valence-electron chi connectivity index (χ3n) is 12.1. The Bertz CT molecular complexity index is 2410. The summed E-state index contributed by atoms with van der Waals surface area (Å²) in [6, 6.07) is 11.6. The van der Waals surface area contributed by atoms with Crippen molar-refractivity contribution in [3.63, 3.8) is 0 Å². The fraction of sp³-hybridized carbons (Fsp3) is 0.447. The number of guanidine groups is 1. The molecule has 3 heterocycles. The smallest absolute Gasteiger partial charge is 0.243 e. The maximum Gasteiger partial charge on any atom is 0.243 e. The number of para-hydroxylation sites is 1. The number of aromatic nitrogens is 3. The predicted octanol–water partition coefficient (Wildman–Crippen LogP) is 0.258. The first-order chi connectivity index (χ1) is 32.2. The van der Waals surface area contributed by atoms with E-state index in [1.54, 1.807) is 36.5 Å². The molecule has 2 aromatic carbocycles. The van der Waals surface area contributed by atoms with Gasteiger partial charge in [-0.3, -0.25) is 43.3 Å². The van der Waals surface area contributed by atoms with Crippen molar-refractivity contribution in [1.82, 2.24) is 41.5 Å². The second-order valence-electron chi connectivity index (χ2n) is 17.3. The van der Waals surface area contributed by atoms with E-state index in [2.05, 4.69) is 46.5 Å². The fourth-order valence-electron chi connectivity index (χ4n) is 8.19. The average Bonchev–Trinajstić information content (AvgIpc) is 3.89. The number of aromatic amines is 2. The van der Waals surface area contributed by atoms with Gasteiger partial charge >= 0.3 is 0 Å². The van der Waals surface area contributed by atoms with E-state index < -0.39 is 77.1 Å². The van der Waals surface area contributed by atoms with Gasteiger partial charge in [0.25, 0.3) is 0 Å². The van der Waals surface area contributed by atoms with Gasteiger partial charge in [0.2, 0.25) is 35.4 Å². The summed E-state index contributed by atoms with van der Waals surface area (Å²) in [4.78, 5) is 125. The molecule has 13 N–H and O–H groups in total. The van der Waals surface area contributed by atoms with Crippen LogP contribution in [0, 0.1) is 17.8 Å². The lowest BCUT2D eigenvalue weighted by Gasteiger charge is -2.26. The molecule has 2 aromatic heterocycles. The van der Waals surface area contributed by atoms with E-state index in [1.165, 1.54) is 12.5 Å². The van der Waals surface area contributed by atoms with E-state index in [0.717, 1.165) is 16.5 Å². The zero-order valence-electron chi connectivity index (χ0n) is 37.3. The molecule has 6 rings (SSSR count). The number of H-pyrrole nitrogens is 2. The lowest BCUT2D eigenvalue weighted by Crippen LogP contribution is -2.57. The molecular weight excluding hydrogens is 861 g/mol. The largest absolute Gasteiger partial charge is 0.370 e. The summed E-state index contributed by atoms with van der Waals surface area (Å²) < 4.78 is 0. The van der Waals surface area contributed by atoms with E-state index in [9.17, 15) is 38.4 Å². The lowest BCUT2D eigenvalue weighted by atomic mass is 9.84. The molecular formula is C47H60N12O8. The highest BCUT2D eigenvalue weighted by atomic mass is 16.2. The number of benzene rings is 2. The summed E-state index contributed by atoms with van der Waals surface area (Å²) in [5, 5.41) is 14.7. The SMILES string of the molecule is NC(=O)[C@H](Cc1c[nH]c2ccccc12)NC(=O)[C@@H]1CCNC(=O)CC[C@H](NC(=O)C2CC2)C(=O)N[C@@H](Cc2cnc[nH]2)C(=O)N[C@H](Cc2ccccc2)C(=O)C[C@@H](CCCN=C(N)N)C(=O)C1. The van der Waals surface area contributed by atoms with E-state index in [-0.39, 0.29) is 95.1 Å². The Morgan fingerprint density at radius 2 is 1.54 bits per heavy atom. The molecule has 4 aromatic rings. The standard InChI is InChI=1S/C47H60N12O8/c48-42(63)37(20-31-24-54-34-11-5-4-10-33(31)34)58-44(65)30-16-18-52-41(62)15-14-35(56-43(64)28-12-13-28)45(66)59-38(23-32-25-51-26-55-32)46(67)57-36(19-27-7-2-1-3-8-27)40(61)21-29(39(60)22-30)9-6-17-53-47(49)50/h1-5,7-8,10-11,24-26,28-30,35-38,54H,6,9,12-23H2,(H2,48,63)(H,51,55)(H,52,62)(H,56,64)(H,57,67)(H,58,65)(H,59,66)(H4,49,50,53)/t29-,30-,35+,36-,37+,38+/m1/s1. The summed E-state index contributed by atoms with van der Waals surface area (Å²) in [5.74, 6) is -7.20. The molecule has 20 nitrogen and oxygen atoms in total. The summed E-state index contributed by atoms with van der Waals surface area (Å²) in [6.07, 6.45) is 5.23. The molecule has 0 unspecified atom stereocenters. The second-order valence-corrected chi connectivity index (χ2v) is 17.3. The topological polar surface area (TPSA) is 332 Å². The number of aliphatic imine (C=N–C) groups is 1. The van der Waals surface area contributed by atoms with Gasteiger partial charge in [-0.1, -0.05) is 48.5 Å². The molecule has 1 saturated heterocycles. The van der Waals surface area contributed by atoms with Crippen molar-refractivity contribution < 1.29 is 38.4 Å². The van der Waals surface area contributed by atoms with Crippen LogP contribution >= 0.6 is 0 Å². The van der Waals surface area contributed by atoms with Crippen LogP contribution < -0.4 is 43.8 Å². The number of ketones is 2. The third-order valence-corrected chi connectivity index (χ3v) is 12.1. The zero-order valence-corrected chi connectivity index (χ0v) is 37.3. The van der Waals surface area contributed by atoms with E-state index in [0.29, 0.717) is 24.1 Å². The van der Waals surface area contributed by atoms with E-state index >= 15 is 0 Å². The Morgan fingerprint density at radius 1 is 0.791 bits per heavy atom. The highest BCUT2D eigenvalue weighted by Crippen LogP contribution is 2.29. The molecule has 1 aliphatic heterocycles. The highest BCUT2D eigenvalue weighted by molar-refractivity contribution is 5.98. The summed E-state index contributed by atoms with van der Waals surface area (Å²) in [5.41, 5.74) is 19.7. The minimum Gasteiger partial charge on any atom is -0.370 e. The number of imidazole rings is 1. The van der Waals surface area contributed by atoms with Crippen LogP contribution in [0.4, 0.5) is 0 Å². The minimum absolute atomic E-state index is 0.0366. The Hall–Kier alpha value is -7.38. The Labute approximate surface area is 387 Å². The van der Waals surface area contributed by atoms with Gasteiger partial charge in [0.05, 0.1) is 12.4 Å². The van der Waals surface area contributed by atoms with Crippen LogP contribution in [0.2, 0.25) is 0 Å². The number of Topliss-reactive ketones (excluding diaryl/α,β-unsaturated/α-hetero) is 2. The van der Waals surface area contributed by atoms with Gasteiger partial charge in [-0.05, 0) is 62.1 Å². The maximum absolute atomic E-state index is 14.6. The molecule has 2 fully saturated rings. The molecule has 1 saturated carbocycles. The van der Waals surface area contributed by atoms with Gasteiger partial charge in [0.1, 0.15) is 23.9 Å². The predicted molar refractivity (Wildman–Crippen MR) is 247 cm³/mol. The van der Waals surface area contributed by atoms with Crippen molar-refractivity contribution in [2.24, 2.45) is 39.9 Å². The average molecular weight is 921 g/mol. The normalized spacial score (nSPS) is 21.9. The van der Waals surface area contributed by atoms with Gasteiger partial charge < -0.3 is 53.8 Å². The Balaban J connectivity index is 1.32. The van der Waals surface area contributed by atoms with Crippen molar-refractivity contribution in [2.75, 3.05) is 13.1 Å². The van der Waals surface area contributed by atoms with Crippen LogP contribution in [0.1, 0.15) is 74.6 Å². The van der Waals surface area contributed by atoms with E-state index in [1.807, 2.05) is 24.3 Å². The fourth-order valence-corrected chi connectivity index (χ4v) is 8.19. The molecule has 0 spiro atoms. The van der Waals surface area contributed by atoms with Crippen LogP contribution in [0.3, 0.4) is 0 Å². The highest BCUT2D eigenvalue weighted by Gasteiger charge is 2.36. The van der Waals surface area contributed by atoms with Gasteiger partial charge in [-0.2, -0.15) is 0 Å². The summed E-state index contributed by atoms with van der Waals surface area (Å²) >= 11 is 0.